The molecular formula is C12H7ClF3N5O. The molecule has 0 aliphatic heterocycles. The summed E-state index contributed by atoms with van der Waals surface area (Å²) in [7, 11) is 0. The Bertz CT molecular complexity index is 854. The maximum atomic E-state index is 12.5. The van der Waals surface area contributed by atoms with Crippen LogP contribution in [0.4, 0.5) is 13.2 Å². The molecule has 22 heavy (non-hydrogen) atoms. The van der Waals surface area contributed by atoms with Crippen LogP contribution in [-0.2, 0) is 12.1 Å². The van der Waals surface area contributed by atoms with Gasteiger partial charge in [0.25, 0.3) is 0 Å². The number of alkyl halides is 4. The number of pyridine rings is 1. The summed E-state index contributed by atoms with van der Waals surface area (Å²) in [6, 6.07) is 1.50. The molecule has 0 N–H and O–H groups in total. The molecule has 3 rings (SSSR count). The molecule has 0 aliphatic carbocycles. The van der Waals surface area contributed by atoms with Crippen molar-refractivity contribution in [2.45, 2.75) is 12.1 Å². The van der Waals surface area contributed by atoms with Crippen LogP contribution in [0.2, 0.25) is 0 Å². The van der Waals surface area contributed by atoms with Gasteiger partial charge < -0.3 is 4.52 Å². The molecule has 3 heterocycles. The zero-order chi connectivity index (χ0) is 15.9. The lowest BCUT2D eigenvalue weighted by Gasteiger charge is -1.98. The molecule has 0 fully saturated rings. The van der Waals surface area contributed by atoms with Crippen molar-refractivity contribution in [3.63, 3.8) is 0 Å². The highest BCUT2D eigenvalue weighted by molar-refractivity contribution is 6.17. The summed E-state index contributed by atoms with van der Waals surface area (Å²) in [5.41, 5.74) is 1.17. The van der Waals surface area contributed by atoms with Gasteiger partial charge in [0.1, 0.15) is 11.3 Å². The predicted molar refractivity (Wildman–Crippen MR) is 71.8 cm³/mol. The van der Waals surface area contributed by atoms with Gasteiger partial charge in [0.15, 0.2) is 5.65 Å². The molecule has 6 nitrogen and oxygen atoms in total. The third kappa shape index (κ3) is 2.33. The maximum absolute atomic E-state index is 12.5. The third-order valence-electron chi connectivity index (χ3n) is 2.83. The number of nitrogens with zero attached hydrogens (tertiary/aromatic N) is 5. The Morgan fingerprint density at radius 3 is 2.73 bits per heavy atom. The summed E-state index contributed by atoms with van der Waals surface area (Å²) in [6.45, 7) is 3.63. The van der Waals surface area contributed by atoms with Crippen LogP contribution in [-0.4, -0.2) is 24.7 Å². The summed E-state index contributed by atoms with van der Waals surface area (Å²) >= 11 is 5.77. The molecule has 0 atom stereocenters. The van der Waals surface area contributed by atoms with Gasteiger partial charge >= 0.3 is 12.1 Å². The van der Waals surface area contributed by atoms with Gasteiger partial charge in [0.2, 0.25) is 5.82 Å². The summed E-state index contributed by atoms with van der Waals surface area (Å²) in [5, 5.41) is 3.30. The lowest BCUT2D eigenvalue weighted by molar-refractivity contribution is -0.159. The van der Waals surface area contributed by atoms with Crippen molar-refractivity contribution < 1.29 is 17.7 Å². The monoisotopic (exact) mass is 329 g/mol. The van der Waals surface area contributed by atoms with Crippen LogP contribution >= 0.6 is 11.6 Å². The van der Waals surface area contributed by atoms with Gasteiger partial charge in [-0.25, -0.2) is 9.97 Å². The number of imidazole rings is 1. The van der Waals surface area contributed by atoms with E-state index in [-0.39, 0.29) is 17.3 Å². The van der Waals surface area contributed by atoms with Gasteiger partial charge in [0, 0.05) is 18.0 Å². The van der Waals surface area contributed by atoms with E-state index in [0.717, 1.165) is 0 Å². The second-order valence-corrected chi connectivity index (χ2v) is 4.47. The first-order valence-electron chi connectivity index (χ1n) is 5.90. The van der Waals surface area contributed by atoms with Crippen LogP contribution in [0.5, 0.6) is 0 Å². The van der Waals surface area contributed by atoms with E-state index in [0.29, 0.717) is 17.0 Å². The Labute approximate surface area is 126 Å². The molecule has 3 aromatic rings. The minimum absolute atomic E-state index is 0.137. The van der Waals surface area contributed by atoms with E-state index < -0.39 is 12.1 Å². The van der Waals surface area contributed by atoms with Gasteiger partial charge in [-0.15, -0.1) is 11.6 Å². The van der Waals surface area contributed by atoms with E-state index in [4.69, 9.17) is 11.6 Å². The normalized spacial score (nSPS) is 12.0. The molecule has 0 unspecified atom stereocenters. The minimum Gasteiger partial charge on any atom is -0.329 e. The van der Waals surface area contributed by atoms with Crippen LogP contribution in [0.1, 0.15) is 11.7 Å². The van der Waals surface area contributed by atoms with Crippen molar-refractivity contribution in [2.24, 2.45) is 0 Å². The highest BCUT2D eigenvalue weighted by Crippen LogP contribution is 2.29. The van der Waals surface area contributed by atoms with Crippen LogP contribution in [0.3, 0.4) is 0 Å². The van der Waals surface area contributed by atoms with E-state index in [2.05, 4.69) is 31.2 Å². The van der Waals surface area contributed by atoms with E-state index in [1.54, 1.807) is 4.57 Å². The fourth-order valence-corrected chi connectivity index (χ4v) is 2.08. The summed E-state index contributed by atoms with van der Waals surface area (Å²) in [6.07, 6.45) is -1.87. The summed E-state index contributed by atoms with van der Waals surface area (Å²) in [4.78, 5) is 11.7. The zero-order valence-corrected chi connectivity index (χ0v) is 11.6. The Hall–Kier alpha value is -2.42. The van der Waals surface area contributed by atoms with E-state index in [1.165, 1.54) is 18.5 Å². The van der Waals surface area contributed by atoms with Crippen LogP contribution < -0.4 is 0 Å². The summed E-state index contributed by atoms with van der Waals surface area (Å²) in [5.74, 6) is -0.985. The van der Waals surface area contributed by atoms with E-state index in [9.17, 15) is 13.2 Å². The molecular weight excluding hydrogens is 323 g/mol. The first-order chi connectivity index (χ1) is 10.4. The highest BCUT2D eigenvalue weighted by Gasteiger charge is 2.38. The van der Waals surface area contributed by atoms with Crippen LogP contribution in [0.15, 0.2) is 23.4 Å². The molecule has 0 amide bonds. The van der Waals surface area contributed by atoms with Crippen molar-refractivity contribution in [1.29, 1.82) is 0 Å². The molecule has 10 heteroatoms. The molecule has 0 aromatic carbocycles. The van der Waals surface area contributed by atoms with E-state index in [1.807, 2.05) is 0 Å². The third-order valence-corrected chi connectivity index (χ3v) is 3.07. The van der Waals surface area contributed by atoms with Crippen molar-refractivity contribution >= 4 is 29.0 Å². The first-order valence-corrected chi connectivity index (χ1v) is 6.44. The molecule has 0 radical (unpaired) electrons. The summed E-state index contributed by atoms with van der Waals surface area (Å²) < 4.78 is 43.2. The second-order valence-electron chi connectivity index (χ2n) is 4.20. The Morgan fingerprint density at radius 2 is 2.14 bits per heavy atom. The van der Waals surface area contributed by atoms with Gasteiger partial charge in [-0.05, 0) is 6.07 Å². The molecule has 114 valence electrons. The average molecular weight is 330 g/mol. The number of hydrogen-bond acceptors (Lipinski definition) is 5. The Morgan fingerprint density at radius 1 is 1.36 bits per heavy atom. The van der Waals surface area contributed by atoms with Gasteiger partial charge in [-0.1, -0.05) is 11.7 Å². The van der Waals surface area contributed by atoms with Crippen LogP contribution in [0, 0.1) is 0 Å². The number of fused-ring (bicyclic) bond motifs is 1. The fourth-order valence-electron chi connectivity index (χ4n) is 1.89. The predicted octanol–water partition coefficient (Wildman–Crippen LogP) is 3.34. The zero-order valence-electron chi connectivity index (χ0n) is 10.8. The number of hydrogen-bond donors (Lipinski definition) is 0. The molecule has 3 aromatic heterocycles. The quantitative estimate of drug-likeness (QED) is 0.689. The Kier molecular flexibility index (Phi) is 3.36. The van der Waals surface area contributed by atoms with Crippen molar-refractivity contribution in [3.05, 3.63) is 30.6 Å². The SMILES string of the molecule is C=Cn1c(CCl)nc2cc(-c3noc(C(F)(F)F)n3)cnc21. The van der Waals surface area contributed by atoms with Crippen molar-refractivity contribution in [3.8, 4) is 11.4 Å². The number of halogens is 4. The average Bonchev–Trinajstić information content (AvgIpc) is 3.10. The van der Waals surface area contributed by atoms with Crippen molar-refractivity contribution in [2.75, 3.05) is 0 Å². The van der Waals surface area contributed by atoms with Gasteiger partial charge in [-0.2, -0.15) is 18.2 Å². The minimum atomic E-state index is -4.70. The Balaban J connectivity index is 2.09. The molecule has 0 aliphatic rings. The lowest BCUT2D eigenvalue weighted by Crippen LogP contribution is -2.04. The maximum Gasteiger partial charge on any atom is 0.471 e. The standard InChI is InChI=1S/C12H7ClF3N5O/c1-2-21-8(4-13)18-7-3-6(5-17-10(7)21)9-19-11(22-20-9)12(14,15)16/h2-3,5H,1,4H2. The lowest BCUT2D eigenvalue weighted by atomic mass is 10.2. The first kappa shape index (κ1) is 14.5. The molecule has 0 bridgehead atoms. The molecule has 0 saturated heterocycles. The van der Waals surface area contributed by atoms with E-state index >= 15 is 0 Å². The van der Waals surface area contributed by atoms with Gasteiger partial charge in [-0.3, -0.25) is 4.57 Å². The highest BCUT2D eigenvalue weighted by atomic mass is 35.5. The van der Waals surface area contributed by atoms with Crippen LogP contribution in [0.25, 0.3) is 28.8 Å². The fraction of sp³-hybridized carbons (Fsp3) is 0.167. The molecule has 0 saturated carbocycles. The second kappa shape index (κ2) is 5.09. The van der Waals surface area contributed by atoms with Crippen molar-refractivity contribution in [1.82, 2.24) is 24.7 Å². The number of aromatic nitrogens is 5. The largest absolute Gasteiger partial charge is 0.471 e. The smallest absolute Gasteiger partial charge is 0.329 e. The number of rotatable bonds is 3. The molecule has 0 spiro atoms. The van der Waals surface area contributed by atoms with Gasteiger partial charge in [0.05, 0.1) is 5.88 Å². The topological polar surface area (TPSA) is 69.6 Å².